The van der Waals surface area contributed by atoms with Crippen LogP contribution in [-0.4, -0.2) is 13.5 Å². The number of nitrogens with one attached hydrogen (secondary N) is 1. The van der Waals surface area contributed by atoms with E-state index in [-0.39, 0.29) is 10.6 Å². The fraction of sp³-hybridized carbons (Fsp3) is 0.125. The highest BCUT2D eigenvalue weighted by atomic mass is 32.2. The van der Waals surface area contributed by atoms with Crippen molar-refractivity contribution in [3.8, 4) is 5.75 Å². The molecular formula is C16H15NO4S. The molecule has 0 amide bonds. The van der Waals surface area contributed by atoms with Crippen molar-refractivity contribution in [1.29, 1.82) is 0 Å². The lowest BCUT2D eigenvalue weighted by Crippen LogP contribution is -2.21. The van der Waals surface area contributed by atoms with Gasteiger partial charge in [-0.2, -0.15) is 8.42 Å². The molecule has 0 spiro atoms. The number of hydrogen-bond acceptors (Lipinski definition) is 5. The molecule has 0 aliphatic heterocycles. The summed E-state index contributed by atoms with van der Waals surface area (Å²) in [5, 5.41) is 9.21. The van der Waals surface area contributed by atoms with E-state index in [1.807, 2.05) is 30.3 Å². The van der Waals surface area contributed by atoms with Gasteiger partial charge >= 0.3 is 10.1 Å². The Balaban J connectivity index is 1.78. The van der Waals surface area contributed by atoms with Gasteiger partial charge in [-0.05, 0) is 42.7 Å². The first-order chi connectivity index (χ1) is 10.6. The van der Waals surface area contributed by atoms with E-state index in [1.54, 1.807) is 0 Å². The molecule has 0 aromatic heterocycles. The number of aryl methyl sites for hydroxylation is 1. The SMILES string of the molecule is O=S(=O)(ONC1=CCCc2ccccc21)c1ccc(O)cc1. The van der Waals surface area contributed by atoms with Crippen molar-refractivity contribution in [3.05, 3.63) is 65.7 Å². The van der Waals surface area contributed by atoms with E-state index in [1.165, 1.54) is 24.3 Å². The number of hydrogen-bond donors (Lipinski definition) is 2. The molecule has 0 unspecified atom stereocenters. The van der Waals surface area contributed by atoms with Gasteiger partial charge in [-0.3, -0.25) is 0 Å². The Labute approximate surface area is 128 Å². The van der Waals surface area contributed by atoms with Crippen molar-refractivity contribution in [2.45, 2.75) is 17.7 Å². The maximum Gasteiger partial charge on any atom is 0.317 e. The summed E-state index contributed by atoms with van der Waals surface area (Å²) in [6.45, 7) is 0. The molecule has 0 saturated heterocycles. The van der Waals surface area contributed by atoms with Gasteiger partial charge in [0.1, 0.15) is 5.75 Å². The van der Waals surface area contributed by atoms with Crippen molar-refractivity contribution in [2.75, 3.05) is 0 Å². The molecular weight excluding hydrogens is 302 g/mol. The van der Waals surface area contributed by atoms with Crippen LogP contribution in [-0.2, 0) is 20.8 Å². The second-order valence-corrected chi connectivity index (χ2v) is 6.49. The van der Waals surface area contributed by atoms with Crippen LogP contribution in [0.2, 0.25) is 0 Å². The van der Waals surface area contributed by atoms with E-state index in [4.69, 9.17) is 4.28 Å². The zero-order valence-electron chi connectivity index (χ0n) is 11.7. The predicted molar refractivity (Wildman–Crippen MR) is 82.3 cm³/mol. The Morgan fingerprint density at radius 1 is 1.05 bits per heavy atom. The summed E-state index contributed by atoms with van der Waals surface area (Å²) in [4.78, 5) is -0.0255. The molecule has 6 heteroatoms. The largest absolute Gasteiger partial charge is 0.508 e. The third-order valence-electron chi connectivity index (χ3n) is 3.46. The van der Waals surface area contributed by atoms with Crippen LogP contribution in [0.3, 0.4) is 0 Å². The number of allylic oxidation sites excluding steroid dienone is 1. The second kappa shape index (κ2) is 5.82. The summed E-state index contributed by atoms with van der Waals surface area (Å²) >= 11 is 0. The number of benzene rings is 2. The van der Waals surface area contributed by atoms with Crippen LogP contribution in [0, 0.1) is 0 Å². The van der Waals surface area contributed by atoms with Crippen molar-refractivity contribution >= 4 is 15.8 Å². The lowest BCUT2D eigenvalue weighted by Gasteiger charge is -2.18. The van der Waals surface area contributed by atoms with Gasteiger partial charge in [-0.25, -0.2) is 5.48 Å². The van der Waals surface area contributed by atoms with Gasteiger partial charge in [0, 0.05) is 5.56 Å². The smallest absolute Gasteiger partial charge is 0.317 e. The Morgan fingerprint density at radius 3 is 2.55 bits per heavy atom. The van der Waals surface area contributed by atoms with Crippen LogP contribution in [0.1, 0.15) is 17.5 Å². The maximum absolute atomic E-state index is 12.1. The number of aromatic hydroxyl groups is 1. The number of phenols is 1. The van der Waals surface area contributed by atoms with E-state index >= 15 is 0 Å². The summed E-state index contributed by atoms with van der Waals surface area (Å²) in [7, 11) is -3.94. The predicted octanol–water partition coefficient (Wildman–Crippen LogP) is 2.59. The number of rotatable bonds is 4. The first-order valence-electron chi connectivity index (χ1n) is 6.83. The monoisotopic (exact) mass is 317 g/mol. The summed E-state index contributed by atoms with van der Waals surface area (Å²) < 4.78 is 29.1. The van der Waals surface area contributed by atoms with Crippen LogP contribution in [0.25, 0.3) is 5.70 Å². The van der Waals surface area contributed by atoms with Gasteiger partial charge in [-0.15, -0.1) is 4.28 Å². The average Bonchev–Trinajstić information content (AvgIpc) is 2.53. The van der Waals surface area contributed by atoms with E-state index < -0.39 is 10.1 Å². The minimum atomic E-state index is -3.94. The lowest BCUT2D eigenvalue weighted by molar-refractivity contribution is 0.258. The fourth-order valence-electron chi connectivity index (χ4n) is 2.34. The molecule has 5 nitrogen and oxygen atoms in total. The van der Waals surface area contributed by atoms with Crippen LogP contribution in [0.5, 0.6) is 5.75 Å². The first kappa shape index (κ1) is 14.6. The molecule has 1 aliphatic rings. The molecule has 2 N–H and O–H groups in total. The van der Waals surface area contributed by atoms with Crippen molar-refractivity contribution in [3.63, 3.8) is 0 Å². The minimum absolute atomic E-state index is 0.00387. The minimum Gasteiger partial charge on any atom is -0.508 e. The molecule has 22 heavy (non-hydrogen) atoms. The maximum atomic E-state index is 12.1. The van der Waals surface area contributed by atoms with Crippen LogP contribution < -0.4 is 5.48 Å². The van der Waals surface area contributed by atoms with Gasteiger partial charge in [0.2, 0.25) is 0 Å². The van der Waals surface area contributed by atoms with Crippen LogP contribution in [0.4, 0.5) is 0 Å². The molecule has 0 radical (unpaired) electrons. The Bertz CT molecular complexity index is 810. The van der Waals surface area contributed by atoms with E-state index in [0.717, 1.165) is 24.0 Å². The van der Waals surface area contributed by atoms with Crippen molar-refractivity contribution in [1.82, 2.24) is 5.48 Å². The normalized spacial score (nSPS) is 14.1. The highest BCUT2D eigenvalue weighted by Gasteiger charge is 2.18. The molecule has 0 saturated carbocycles. The lowest BCUT2D eigenvalue weighted by atomic mass is 9.95. The van der Waals surface area contributed by atoms with E-state index in [9.17, 15) is 13.5 Å². The molecule has 1 aliphatic carbocycles. The number of hydroxylamine groups is 1. The molecule has 2 aromatic rings. The average molecular weight is 317 g/mol. The Hall–Kier alpha value is -2.31. The zero-order chi connectivity index (χ0) is 15.6. The third kappa shape index (κ3) is 2.98. The summed E-state index contributed by atoms with van der Waals surface area (Å²) in [6.07, 6.45) is 3.66. The molecule has 0 heterocycles. The number of phenolic OH excluding ortho intramolecular Hbond substituents is 1. The van der Waals surface area contributed by atoms with Gasteiger partial charge in [0.05, 0.1) is 10.6 Å². The second-order valence-electron chi connectivity index (χ2n) is 4.95. The zero-order valence-corrected chi connectivity index (χ0v) is 12.5. The Kier molecular flexibility index (Phi) is 3.87. The number of fused-ring (bicyclic) bond motifs is 1. The molecule has 2 aromatic carbocycles. The molecule has 0 atom stereocenters. The first-order valence-corrected chi connectivity index (χ1v) is 8.24. The summed E-state index contributed by atoms with van der Waals surface area (Å²) in [5.41, 5.74) is 5.28. The molecule has 114 valence electrons. The standard InChI is InChI=1S/C16H15NO4S/c18-13-8-10-14(11-9-13)22(19,20)21-17-16-7-3-5-12-4-1-2-6-15(12)16/h1-2,4,6-11,17-18H,3,5H2. The molecule has 3 rings (SSSR count). The van der Waals surface area contributed by atoms with Gasteiger partial charge in [0.15, 0.2) is 0 Å². The summed E-state index contributed by atoms with van der Waals surface area (Å²) in [5.74, 6) is -0.00387. The van der Waals surface area contributed by atoms with E-state index in [0.29, 0.717) is 5.70 Å². The molecule has 0 bridgehead atoms. The van der Waals surface area contributed by atoms with Crippen LogP contribution >= 0.6 is 0 Å². The topological polar surface area (TPSA) is 75.6 Å². The van der Waals surface area contributed by atoms with Crippen LogP contribution in [0.15, 0.2) is 59.5 Å². The quantitative estimate of drug-likeness (QED) is 0.848. The van der Waals surface area contributed by atoms with Crippen molar-refractivity contribution < 1.29 is 17.8 Å². The molecule has 0 fully saturated rings. The van der Waals surface area contributed by atoms with E-state index in [2.05, 4.69) is 5.48 Å². The van der Waals surface area contributed by atoms with Gasteiger partial charge in [-0.1, -0.05) is 30.3 Å². The van der Waals surface area contributed by atoms with Gasteiger partial charge < -0.3 is 5.11 Å². The Morgan fingerprint density at radius 2 is 1.77 bits per heavy atom. The fourth-order valence-corrected chi connectivity index (χ4v) is 3.11. The van der Waals surface area contributed by atoms with Crippen molar-refractivity contribution in [2.24, 2.45) is 0 Å². The third-order valence-corrected chi connectivity index (χ3v) is 4.61. The summed E-state index contributed by atoms with van der Waals surface area (Å²) in [6, 6.07) is 13.0. The highest BCUT2D eigenvalue weighted by Crippen LogP contribution is 2.25. The van der Waals surface area contributed by atoms with Gasteiger partial charge in [0.25, 0.3) is 0 Å². The highest BCUT2D eigenvalue weighted by molar-refractivity contribution is 7.86.